The van der Waals surface area contributed by atoms with Crippen LogP contribution >= 0.6 is 12.2 Å². The summed E-state index contributed by atoms with van der Waals surface area (Å²) in [7, 11) is 1.98. The molecule has 2 aromatic rings. The summed E-state index contributed by atoms with van der Waals surface area (Å²) in [5.74, 6) is 0.893. The van der Waals surface area contributed by atoms with E-state index in [0.29, 0.717) is 17.5 Å². The van der Waals surface area contributed by atoms with Crippen LogP contribution < -0.4 is 10.6 Å². The van der Waals surface area contributed by atoms with Crippen LogP contribution in [0, 0.1) is 0 Å². The van der Waals surface area contributed by atoms with Crippen LogP contribution in [-0.2, 0) is 7.05 Å². The van der Waals surface area contributed by atoms with Crippen molar-refractivity contribution in [1.82, 2.24) is 14.5 Å². The second-order valence-electron chi connectivity index (χ2n) is 4.86. The summed E-state index contributed by atoms with van der Waals surface area (Å²) in [5, 5.41) is 0. The van der Waals surface area contributed by atoms with Gasteiger partial charge in [-0.05, 0) is 19.9 Å². The number of aryl methyl sites for hydroxylation is 1. The minimum atomic E-state index is 0.314. The molecule has 0 aromatic carbocycles. The van der Waals surface area contributed by atoms with E-state index in [1.165, 1.54) is 0 Å². The summed E-state index contributed by atoms with van der Waals surface area (Å²) in [6.07, 6.45) is 4.30. The van der Waals surface area contributed by atoms with Crippen LogP contribution in [0.25, 0.3) is 11.0 Å². The lowest BCUT2D eigenvalue weighted by Gasteiger charge is -2.27. The van der Waals surface area contributed by atoms with E-state index in [1.54, 1.807) is 0 Å². The average molecular weight is 277 g/mol. The summed E-state index contributed by atoms with van der Waals surface area (Å²) in [6.45, 7) is 5.02. The van der Waals surface area contributed by atoms with Gasteiger partial charge in [0.05, 0.1) is 16.8 Å². The van der Waals surface area contributed by atoms with Crippen LogP contribution in [0.5, 0.6) is 0 Å². The lowest BCUT2D eigenvalue weighted by Crippen LogP contribution is -2.34. The average Bonchev–Trinajstić information content (AvgIpc) is 2.72. The van der Waals surface area contributed by atoms with Gasteiger partial charge in [0.2, 0.25) is 0 Å². The number of rotatable bonds is 5. The molecule has 0 saturated carbocycles. The van der Waals surface area contributed by atoms with Gasteiger partial charge in [0.1, 0.15) is 5.52 Å². The summed E-state index contributed by atoms with van der Waals surface area (Å²) in [4.78, 5) is 11.6. The zero-order chi connectivity index (χ0) is 14.0. The third-order valence-corrected chi connectivity index (χ3v) is 3.32. The first-order chi connectivity index (χ1) is 9.00. The van der Waals surface area contributed by atoms with Crippen LogP contribution in [0.1, 0.15) is 20.3 Å². The van der Waals surface area contributed by atoms with Crippen LogP contribution in [-0.4, -0.2) is 32.1 Å². The summed E-state index contributed by atoms with van der Waals surface area (Å²) in [6, 6.07) is 2.28. The van der Waals surface area contributed by atoms with Gasteiger partial charge in [0.25, 0.3) is 0 Å². The van der Waals surface area contributed by atoms with Crippen molar-refractivity contribution in [3.63, 3.8) is 0 Å². The first kappa shape index (κ1) is 13.7. The molecule has 0 aliphatic rings. The monoisotopic (exact) mass is 277 g/mol. The molecule has 2 heterocycles. The van der Waals surface area contributed by atoms with E-state index in [9.17, 15) is 0 Å². The quantitative estimate of drug-likeness (QED) is 0.845. The van der Waals surface area contributed by atoms with Crippen molar-refractivity contribution in [3.8, 4) is 0 Å². The molecule has 0 bridgehead atoms. The summed E-state index contributed by atoms with van der Waals surface area (Å²) in [5.41, 5.74) is 7.59. The fraction of sp³-hybridized carbons (Fsp3) is 0.462. The highest BCUT2D eigenvalue weighted by molar-refractivity contribution is 7.80. The predicted octanol–water partition coefficient (Wildman–Crippen LogP) is 1.86. The van der Waals surface area contributed by atoms with E-state index < -0.39 is 0 Å². The van der Waals surface area contributed by atoms with Crippen molar-refractivity contribution in [2.24, 2.45) is 12.8 Å². The SMILES string of the molecule is CC(C)N(CCC(N)=S)c1nccc2c1ncn2C. The third kappa shape index (κ3) is 2.84. The van der Waals surface area contributed by atoms with Crippen molar-refractivity contribution in [1.29, 1.82) is 0 Å². The summed E-state index contributed by atoms with van der Waals surface area (Å²) < 4.78 is 1.99. The minimum absolute atomic E-state index is 0.314. The lowest BCUT2D eigenvalue weighted by molar-refractivity contribution is 0.683. The molecule has 2 aromatic heterocycles. The summed E-state index contributed by atoms with van der Waals surface area (Å²) >= 11 is 4.96. The molecular formula is C13H19N5S. The Labute approximate surface area is 118 Å². The van der Waals surface area contributed by atoms with Crippen LogP contribution in [0.2, 0.25) is 0 Å². The molecule has 0 aliphatic heterocycles. The number of imidazole rings is 1. The Morgan fingerprint density at radius 1 is 1.47 bits per heavy atom. The molecule has 19 heavy (non-hydrogen) atoms. The van der Waals surface area contributed by atoms with E-state index >= 15 is 0 Å². The largest absolute Gasteiger partial charge is 0.393 e. The molecule has 0 aliphatic carbocycles. The number of nitrogens with two attached hydrogens (primary N) is 1. The Hall–Kier alpha value is -1.69. The molecular weight excluding hydrogens is 258 g/mol. The van der Waals surface area contributed by atoms with Crippen LogP contribution in [0.4, 0.5) is 5.82 Å². The van der Waals surface area contributed by atoms with Gasteiger partial charge in [-0.3, -0.25) is 0 Å². The Bertz CT molecular complexity index is 590. The molecule has 0 saturated heterocycles. The molecule has 102 valence electrons. The number of thiocarbonyl (C=S) groups is 1. The predicted molar refractivity (Wildman–Crippen MR) is 82.4 cm³/mol. The topological polar surface area (TPSA) is 60.0 Å². The second-order valence-corrected chi connectivity index (χ2v) is 5.39. The van der Waals surface area contributed by atoms with Gasteiger partial charge in [-0.1, -0.05) is 12.2 Å². The molecule has 0 fully saturated rings. The first-order valence-corrected chi connectivity index (χ1v) is 6.72. The number of fused-ring (bicyclic) bond motifs is 1. The van der Waals surface area contributed by atoms with Crippen molar-refractivity contribution in [2.45, 2.75) is 26.3 Å². The third-order valence-electron chi connectivity index (χ3n) is 3.12. The number of aromatic nitrogens is 3. The molecule has 6 heteroatoms. The molecule has 0 spiro atoms. The standard InChI is InChI=1S/C13H19N5S/c1-9(2)18(7-5-11(14)19)13-12-10(4-6-15-13)17(3)8-16-12/h4,6,8-9H,5,7H2,1-3H3,(H2,14,19). The highest BCUT2D eigenvalue weighted by Gasteiger charge is 2.17. The number of anilines is 1. The lowest BCUT2D eigenvalue weighted by atomic mass is 10.2. The van der Waals surface area contributed by atoms with Gasteiger partial charge in [-0.2, -0.15) is 0 Å². The fourth-order valence-electron chi connectivity index (χ4n) is 2.10. The van der Waals surface area contributed by atoms with Gasteiger partial charge < -0.3 is 15.2 Å². The van der Waals surface area contributed by atoms with Gasteiger partial charge in [-0.15, -0.1) is 0 Å². The van der Waals surface area contributed by atoms with E-state index in [2.05, 4.69) is 28.7 Å². The Balaban J connectivity index is 2.41. The number of pyridine rings is 1. The number of hydrogen-bond acceptors (Lipinski definition) is 4. The Morgan fingerprint density at radius 3 is 2.84 bits per heavy atom. The normalized spacial score (nSPS) is 11.2. The molecule has 0 amide bonds. The van der Waals surface area contributed by atoms with Gasteiger partial charge in [0.15, 0.2) is 5.82 Å². The van der Waals surface area contributed by atoms with Crippen molar-refractivity contribution in [2.75, 3.05) is 11.4 Å². The second kappa shape index (κ2) is 5.52. The van der Waals surface area contributed by atoms with Gasteiger partial charge in [-0.25, -0.2) is 9.97 Å². The van der Waals surface area contributed by atoms with E-state index in [1.807, 2.05) is 30.2 Å². The van der Waals surface area contributed by atoms with E-state index in [0.717, 1.165) is 23.4 Å². The highest BCUT2D eigenvalue weighted by Crippen LogP contribution is 2.24. The van der Waals surface area contributed by atoms with E-state index in [4.69, 9.17) is 18.0 Å². The Kier molecular flexibility index (Phi) is 3.99. The van der Waals surface area contributed by atoms with Gasteiger partial charge >= 0.3 is 0 Å². The first-order valence-electron chi connectivity index (χ1n) is 6.31. The van der Waals surface area contributed by atoms with Crippen molar-refractivity contribution < 1.29 is 0 Å². The molecule has 2 N–H and O–H groups in total. The van der Waals surface area contributed by atoms with E-state index in [-0.39, 0.29) is 0 Å². The molecule has 5 nitrogen and oxygen atoms in total. The van der Waals surface area contributed by atoms with Crippen molar-refractivity contribution in [3.05, 3.63) is 18.6 Å². The zero-order valence-electron chi connectivity index (χ0n) is 11.5. The minimum Gasteiger partial charge on any atom is -0.393 e. The fourth-order valence-corrected chi connectivity index (χ4v) is 2.19. The molecule has 0 atom stereocenters. The maximum Gasteiger partial charge on any atom is 0.156 e. The van der Waals surface area contributed by atoms with Gasteiger partial charge in [0, 0.05) is 32.3 Å². The molecule has 0 unspecified atom stereocenters. The molecule has 0 radical (unpaired) electrons. The maximum absolute atomic E-state index is 5.60. The zero-order valence-corrected chi connectivity index (χ0v) is 12.3. The number of hydrogen-bond donors (Lipinski definition) is 1. The van der Waals surface area contributed by atoms with Crippen molar-refractivity contribution >= 4 is 34.1 Å². The van der Waals surface area contributed by atoms with Crippen LogP contribution in [0.3, 0.4) is 0 Å². The highest BCUT2D eigenvalue weighted by atomic mass is 32.1. The van der Waals surface area contributed by atoms with Crippen LogP contribution in [0.15, 0.2) is 18.6 Å². The maximum atomic E-state index is 5.60. The molecule has 2 rings (SSSR count). The smallest absolute Gasteiger partial charge is 0.156 e. The number of nitrogens with zero attached hydrogens (tertiary/aromatic N) is 4. The Morgan fingerprint density at radius 2 is 2.21 bits per heavy atom.